The third-order valence-electron chi connectivity index (χ3n) is 6.01. The summed E-state index contributed by atoms with van der Waals surface area (Å²) in [5.74, 6) is 0.358. The number of amides is 1. The van der Waals surface area contributed by atoms with Crippen molar-refractivity contribution in [1.82, 2.24) is 25.1 Å². The van der Waals surface area contributed by atoms with Crippen LogP contribution in [0, 0.1) is 0 Å². The van der Waals surface area contributed by atoms with E-state index in [9.17, 15) is 13.2 Å². The Hall–Kier alpha value is -3.27. The van der Waals surface area contributed by atoms with E-state index in [2.05, 4.69) is 15.5 Å². The Labute approximate surface area is 186 Å². The average molecular weight is 456 g/mol. The highest BCUT2D eigenvalue weighted by molar-refractivity contribution is 7.90. The fourth-order valence-electron chi connectivity index (χ4n) is 4.26. The number of likely N-dealkylation sites (tertiary alicyclic amines) is 1. The number of aromatic nitrogens is 4. The lowest BCUT2D eigenvalue weighted by Crippen LogP contribution is -2.36. The molecule has 1 amide bonds. The summed E-state index contributed by atoms with van der Waals surface area (Å²) in [7, 11) is -1.61. The van der Waals surface area contributed by atoms with E-state index in [0.717, 1.165) is 5.56 Å². The largest absolute Gasteiger partial charge is 0.496 e. The Kier molecular flexibility index (Phi) is 5.96. The van der Waals surface area contributed by atoms with Crippen molar-refractivity contribution in [3.05, 3.63) is 66.0 Å². The molecule has 1 aromatic heterocycles. The second kappa shape index (κ2) is 8.70. The lowest BCUT2D eigenvalue weighted by molar-refractivity contribution is 0.0779. The van der Waals surface area contributed by atoms with Gasteiger partial charge >= 0.3 is 0 Å². The van der Waals surface area contributed by atoms with Crippen molar-refractivity contribution in [2.75, 3.05) is 32.2 Å². The topological polar surface area (TPSA) is 107 Å². The summed E-state index contributed by atoms with van der Waals surface area (Å²) in [4.78, 5) is 15.3. The highest BCUT2D eigenvalue weighted by Gasteiger charge is 2.42. The molecule has 1 atom stereocenters. The molecule has 1 saturated heterocycles. The molecule has 32 heavy (non-hydrogen) atoms. The first-order valence-corrected chi connectivity index (χ1v) is 12.3. The maximum absolute atomic E-state index is 13.5. The van der Waals surface area contributed by atoms with Crippen LogP contribution in [0.5, 0.6) is 5.75 Å². The van der Waals surface area contributed by atoms with Crippen molar-refractivity contribution < 1.29 is 17.9 Å². The molecule has 1 unspecified atom stereocenters. The smallest absolute Gasteiger partial charge is 0.257 e. The number of sulfone groups is 1. The van der Waals surface area contributed by atoms with Gasteiger partial charge in [0.2, 0.25) is 0 Å². The van der Waals surface area contributed by atoms with E-state index in [1.807, 2.05) is 30.3 Å². The molecule has 168 valence electrons. The van der Waals surface area contributed by atoms with Gasteiger partial charge in [-0.2, -0.15) is 0 Å². The quantitative estimate of drug-likeness (QED) is 0.535. The monoisotopic (exact) mass is 455 g/mol. The highest BCUT2D eigenvalue weighted by atomic mass is 32.2. The van der Waals surface area contributed by atoms with E-state index in [1.165, 1.54) is 24.4 Å². The van der Waals surface area contributed by atoms with E-state index >= 15 is 0 Å². The Bertz CT molecular complexity index is 1200. The standard InChI is InChI=1S/C22H25N5O4S/c1-31-20-9-8-18(27-16-23-24-25-27)14-19(20)21(28)26-12-10-22(15-26,11-13-32(2,29)30)17-6-4-3-5-7-17/h3-9,14,16H,10-13,15H2,1-2H3. The molecule has 0 aliphatic carbocycles. The lowest BCUT2D eigenvalue weighted by Gasteiger charge is -2.30. The van der Waals surface area contributed by atoms with Crippen molar-refractivity contribution in [1.29, 1.82) is 0 Å². The SMILES string of the molecule is COc1ccc(-n2cnnn2)cc1C(=O)N1CCC(CCS(C)(=O)=O)(c2ccccc2)C1. The molecular weight excluding hydrogens is 430 g/mol. The molecule has 0 spiro atoms. The summed E-state index contributed by atoms with van der Waals surface area (Å²) in [5, 5.41) is 11.2. The van der Waals surface area contributed by atoms with Gasteiger partial charge in [0.1, 0.15) is 21.9 Å². The lowest BCUT2D eigenvalue weighted by atomic mass is 9.77. The maximum atomic E-state index is 13.5. The van der Waals surface area contributed by atoms with Crippen LogP contribution in [0.25, 0.3) is 5.69 Å². The van der Waals surface area contributed by atoms with Gasteiger partial charge in [-0.25, -0.2) is 13.1 Å². The summed E-state index contributed by atoms with van der Waals surface area (Å²) >= 11 is 0. The molecule has 0 bridgehead atoms. The number of methoxy groups -OCH3 is 1. The molecule has 1 aliphatic heterocycles. The second-order valence-corrected chi connectivity index (χ2v) is 10.4. The predicted octanol–water partition coefficient (Wildman–Crippen LogP) is 1.89. The first-order chi connectivity index (χ1) is 15.3. The zero-order valence-corrected chi connectivity index (χ0v) is 18.8. The Balaban J connectivity index is 1.65. The number of rotatable bonds is 7. The minimum atomic E-state index is -3.13. The molecular formula is C22H25N5O4S. The zero-order valence-electron chi connectivity index (χ0n) is 18.0. The number of hydrogen-bond donors (Lipinski definition) is 0. The first-order valence-electron chi connectivity index (χ1n) is 10.3. The van der Waals surface area contributed by atoms with E-state index in [4.69, 9.17) is 4.74 Å². The van der Waals surface area contributed by atoms with Gasteiger partial charge in [-0.3, -0.25) is 4.79 Å². The van der Waals surface area contributed by atoms with Gasteiger partial charge in [0.15, 0.2) is 0 Å². The minimum Gasteiger partial charge on any atom is -0.496 e. The number of tetrazole rings is 1. The molecule has 3 aromatic rings. The summed E-state index contributed by atoms with van der Waals surface area (Å²) < 4.78 is 30.7. The molecule has 1 aliphatic rings. The van der Waals surface area contributed by atoms with Gasteiger partial charge in [0.25, 0.3) is 5.91 Å². The van der Waals surface area contributed by atoms with Gasteiger partial charge in [-0.15, -0.1) is 5.10 Å². The molecule has 10 heteroatoms. The van der Waals surface area contributed by atoms with Crippen LogP contribution in [-0.4, -0.2) is 71.6 Å². The van der Waals surface area contributed by atoms with Gasteiger partial charge in [0, 0.05) is 24.8 Å². The molecule has 2 aromatic carbocycles. The summed E-state index contributed by atoms with van der Waals surface area (Å²) in [6.07, 6.45) is 3.85. The molecule has 1 fully saturated rings. The molecule has 2 heterocycles. The van der Waals surface area contributed by atoms with Crippen LogP contribution in [-0.2, 0) is 15.3 Å². The van der Waals surface area contributed by atoms with E-state index in [0.29, 0.717) is 42.9 Å². The van der Waals surface area contributed by atoms with Crippen LogP contribution in [0.15, 0.2) is 54.9 Å². The van der Waals surface area contributed by atoms with Crippen molar-refractivity contribution >= 4 is 15.7 Å². The number of nitrogens with zero attached hydrogens (tertiary/aromatic N) is 5. The third-order valence-corrected chi connectivity index (χ3v) is 6.95. The molecule has 0 radical (unpaired) electrons. The van der Waals surface area contributed by atoms with Gasteiger partial charge < -0.3 is 9.64 Å². The highest BCUT2D eigenvalue weighted by Crippen LogP contribution is 2.39. The Morgan fingerprint density at radius 3 is 2.62 bits per heavy atom. The van der Waals surface area contributed by atoms with E-state index in [-0.39, 0.29) is 11.7 Å². The third kappa shape index (κ3) is 4.50. The van der Waals surface area contributed by atoms with E-state index < -0.39 is 15.3 Å². The maximum Gasteiger partial charge on any atom is 0.257 e. The minimum absolute atomic E-state index is 0.0715. The van der Waals surface area contributed by atoms with Crippen LogP contribution in [0.1, 0.15) is 28.8 Å². The number of ether oxygens (including phenoxy) is 1. The Morgan fingerprint density at radius 1 is 1.19 bits per heavy atom. The number of carbonyl (C=O) groups is 1. The summed E-state index contributed by atoms with van der Waals surface area (Å²) in [5.41, 5.74) is 1.69. The average Bonchev–Trinajstić information content (AvgIpc) is 3.48. The number of hydrogen-bond acceptors (Lipinski definition) is 7. The number of carbonyl (C=O) groups excluding carboxylic acids is 1. The molecule has 0 N–H and O–H groups in total. The van der Waals surface area contributed by atoms with Gasteiger partial charge in [0.05, 0.1) is 24.1 Å². The van der Waals surface area contributed by atoms with Gasteiger partial charge in [-0.05, 0) is 47.0 Å². The number of benzene rings is 2. The zero-order chi connectivity index (χ0) is 22.8. The summed E-state index contributed by atoms with van der Waals surface area (Å²) in [6.45, 7) is 0.958. The van der Waals surface area contributed by atoms with Gasteiger partial charge in [-0.1, -0.05) is 30.3 Å². The van der Waals surface area contributed by atoms with Crippen molar-refractivity contribution in [3.8, 4) is 11.4 Å². The van der Waals surface area contributed by atoms with Crippen molar-refractivity contribution in [2.24, 2.45) is 0 Å². The van der Waals surface area contributed by atoms with Crippen LogP contribution >= 0.6 is 0 Å². The Morgan fingerprint density at radius 2 is 1.97 bits per heavy atom. The molecule has 9 nitrogen and oxygen atoms in total. The summed E-state index contributed by atoms with van der Waals surface area (Å²) in [6, 6.07) is 15.0. The van der Waals surface area contributed by atoms with Crippen LogP contribution in [0.2, 0.25) is 0 Å². The van der Waals surface area contributed by atoms with E-state index in [1.54, 1.807) is 23.1 Å². The fourth-order valence-corrected chi connectivity index (χ4v) is 5.02. The molecule has 0 saturated carbocycles. The molecule has 4 rings (SSSR count). The van der Waals surface area contributed by atoms with Crippen molar-refractivity contribution in [2.45, 2.75) is 18.3 Å². The second-order valence-electron chi connectivity index (χ2n) is 8.14. The fraction of sp³-hybridized carbons (Fsp3) is 0.364. The van der Waals surface area contributed by atoms with Crippen LogP contribution in [0.4, 0.5) is 0 Å². The van der Waals surface area contributed by atoms with Crippen LogP contribution < -0.4 is 4.74 Å². The van der Waals surface area contributed by atoms with Crippen molar-refractivity contribution in [3.63, 3.8) is 0 Å². The predicted molar refractivity (Wildman–Crippen MR) is 119 cm³/mol. The first kappa shape index (κ1) is 21.9. The van der Waals surface area contributed by atoms with Crippen LogP contribution in [0.3, 0.4) is 0 Å². The normalized spacial score (nSPS) is 18.6.